The van der Waals surface area contributed by atoms with Crippen molar-refractivity contribution in [3.63, 3.8) is 0 Å². The fourth-order valence-corrected chi connectivity index (χ4v) is 1.97. The van der Waals surface area contributed by atoms with Gasteiger partial charge in [0.2, 0.25) is 5.91 Å². The molecule has 2 rings (SSSR count). The van der Waals surface area contributed by atoms with Crippen molar-refractivity contribution in [3.8, 4) is 5.75 Å². The van der Waals surface area contributed by atoms with Gasteiger partial charge in [-0.15, -0.1) is 12.4 Å². The molecule has 0 spiro atoms. The number of carbonyl (C=O) groups is 1. The van der Waals surface area contributed by atoms with E-state index in [-0.39, 0.29) is 24.2 Å². The van der Waals surface area contributed by atoms with E-state index in [0.717, 1.165) is 11.3 Å². The lowest BCUT2D eigenvalue weighted by Gasteiger charge is -2.12. The van der Waals surface area contributed by atoms with E-state index >= 15 is 0 Å². The second-order valence-corrected chi connectivity index (χ2v) is 5.37. The van der Waals surface area contributed by atoms with Crippen LogP contribution in [0.2, 0.25) is 0 Å². The SMILES string of the molecule is Cc1ccccc1COc1cccc(NC(=O)C(C)CN)c1.Cl. The van der Waals surface area contributed by atoms with E-state index in [2.05, 4.69) is 18.3 Å². The van der Waals surface area contributed by atoms with Crippen LogP contribution in [-0.4, -0.2) is 12.5 Å². The number of carbonyl (C=O) groups excluding carboxylic acids is 1. The molecule has 0 aliphatic rings. The van der Waals surface area contributed by atoms with Crippen molar-refractivity contribution in [3.05, 3.63) is 59.7 Å². The number of amides is 1. The van der Waals surface area contributed by atoms with Gasteiger partial charge in [0.25, 0.3) is 0 Å². The molecule has 2 aromatic carbocycles. The Bertz CT molecular complexity index is 646. The molecule has 0 saturated carbocycles. The minimum Gasteiger partial charge on any atom is -0.489 e. The Hall–Kier alpha value is -2.04. The lowest BCUT2D eigenvalue weighted by Crippen LogP contribution is -2.26. The van der Waals surface area contributed by atoms with E-state index in [0.29, 0.717) is 18.8 Å². The molecule has 5 heteroatoms. The minimum absolute atomic E-state index is 0. The lowest BCUT2D eigenvalue weighted by atomic mass is 10.1. The third kappa shape index (κ3) is 5.58. The van der Waals surface area contributed by atoms with Gasteiger partial charge in [0.1, 0.15) is 12.4 Å². The van der Waals surface area contributed by atoms with Crippen LogP contribution < -0.4 is 15.8 Å². The molecular formula is C18H23ClN2O2. The summed E-state index contributed by atoms with van der Waals surface area (Å²) < 4.78 is 5.81. The van der Waals surface area contributed by atoms with Crippen molar-refractivity contribution in [2.45, 2.75) is 20.5 Å². The number of nitrogens with one attached hydrogen (secondary N) is 1. The number of rotatable bonds is 6. The molecule has 0 radical (unpaired) electrons. The first kappa shape index (κ1) is 19.0. The van der Waals surface area contributed by atoms with Crippen LogP contribution in [0.4, 0.5) is 5.69 Å². The maximum atomic E-state index is 11.8. The standard InChI is InChI=1S/C18H22N2O2.ClH/c1-13-6-3-4-7-15(13)12-22-17-9-5-8-16(10-17)20-18(21)14(2)11-19;/h3-10,14H,11-12,19H2,1-2H3,(H,20,21);1H. The summed E-state index contributed by atoms with van der Waals surface area (Å²) in [7, 11) is 0. The quantitative estimate of drug-likeness (QED) is 0.849. The summed E-state index contributed by atoms with van der Waals surface area (Å²) in [6.07, 6.45) is 0. The highest BCUT2D eigenvalue weighted by Crippen LogP contribution is 2.20. The average Bonchev–Trinajstić information content (AvgIpc) is 2.53. The molecule has 1 unspecified atom stereocenters. The summed E-state index contributed by atoms with van der Waals surface area (Å²) >= 11 is 0. The monoisotopic (exact) mass is 334 g/mol. The van der Waals surface area contributed by atoms with Crippen molar-refractivity contribution in [2.75, 3.05) is 11.9 Å². The van der Waals surface area contributed by atoms with Crippen LogP contribution in [0, 0.1) is 12.8 Å². The van der Waals surface area contributed by atoms with Crippen LogP contribution in [0.5, 0.6) is 5.75 Å². The van der Waals surface area contributed by atoms with Crippen molar-refractivity contribution in [2.24, 2.45) is 11.7 Å². The number of halogens is 1. The first-order valence-electron chi connectivity index (χ1n) is 7.38. The van der Waals surface area contributed by atoms with E-state index in [1.807, 2.05) is 42.5 Å². The maximum Gasteiger partial charge on any atom is 0.228 e. The number of hydrogen-bond acceptors (Lipinski definition) is 3. The van der Waals surface area contributed by atoms with Crippen molar-refractivity contribution >= 4 is 24.0 Å². The van der Waals surface area contributed by atoms with E-state index in [1.165, 1.54) is 5.56 Å². The zero-order valence-corrected chi connectivity index (χ0v) is 14.2. The first-order chi connectivity index (χ1) is 10.6. The van der Waals surface area contributed by atoms with Crippen LogP contribution in [0.15, 0.2) is 48.5 Å². The molecule has 2 aromatic rings. The second kappa shape index (κ2) is 9.18. The molecule has 0 saturated heterocycles. The molecule has 23 heavy (non-hydrogen) atoms. The number of aryl methyl sites for hydroxylation is 1. The molecule has 1 amide bonds. The number of benzene rings is 2. The molecule has 0 fully saturated rings. The average molecular weight is 335 g/mol. The fourth-order valence-electron chi connectivity index (χ4n) is 1.97. The van der Waals surface area contributed by atoms with Crippen LogP contribution in [0.1, 0.15) is 18.1 Å². The normalized spacial score (nSPS) is 11.3. The summed E-state index contributed by atoms with van der Waals surface area (Å²) in [6, 6.07) is 15.5. The van der Waals surface area contributed by atoms with Crippen LogP contribution in [0.25, 0.3) is 0 Å². The van der Waals surface area contributed by atoms with Gasteiger partial charge in [-0.05, 0) is 30.2 Å². The Morgan fingerprint density at radius 1 is 1.22 bits per heavy atom. The minimum atomic E-state index is -0.212. The second-order valence-electron chi connectivity index (χ2n) is 5.37. The molecule has 0 heterocycles. The number of hydrogen-bond donors (Lipinski definition) is 2. The zero-order valence-electron chi connectivity index (χ0n) is 13.4. The Balaban J connectivity index is 0.00000264. The van der Waals surface area contributed by atoms with E-state index in [1.54, 1.807) is 6.92 Å². The molecule has 124 valence electrons. The Labute approximate surface area is 143 Å². The highest BCUT2D eigenvalue weighted by Gasteiger charge is 2.11. The first-order valence-corrected chi connectivity index (χ1v) is 7.38. The van der Waals surface area contributed by atoms with Crippen LogP contribution >= 0.6 is 12.4 Å². The van der Waals surface area contributed by atoms with E-state index in [9.17, 15) is 4.79 Å². The molecule has 0 bridgehead atoms. The summed E-state index contributed by atoms with van der Waals surface area (Å²) in [6.45, 7) is 4.69. The number of nitrogens with two attached hydrogens (primary N) is 1. The number of ether oxygens (including phenoxy) is 1. The topological polar surface area (TPSA) is 64.3 Å². The van der Waals surface area contributed by atoms with E-state index < -0.39 is 0 Å². The zero-order chi connectivity index (χ0) is 15.9. The van der Waals surface area contributed by atoms with Crippen molar-refractivity contribution < 1.29 is 9.53 Å². The molecule has 1 atom stereocenters. The van der Waals surface area contributed by atoms with Gasteiger partial charge < -0.3 is 15.8 Å². The van der Waals surface area contributed by atoms with Crippen molar-refractivity contribution in [1.29, 1.82) is 0 Å². The van der Waals surface area contributed by atoms with Gasteiger partial charge in [0.05, 0.1) is 0 Å². The predicted molar refractivity (Wildman–Crippen MR) is 96.0 cm³/mol. The third-order valence-corrected chi connectivity index (χ3v) is 3.56. The largest absolute Gasteiger partial charge is 0.489 e. The predicted octanol–water partition coefficient (Wildman–Crippen LogP) is 3.53. The van der Waals surface area contributed by atoms with Crippen LogP contribution in [0.3, 0.4) is 0 Å². The third-order valence-electron chi connectivity index (χ3n) is 3.56. The van der Waals surface area contributed by atoms with Gasteiger partial charge in [0, 0.05) is 24.2 Å². The van der Waals surface area contributed by atoms with Gasteiger partial charge in [-0.2, -0.15) is 0 Å². The summed E-state index contributed by atoms with van der Waals surface area (Å²) in [5, 5.41) is 2.84. The molecular weight excluding hydrogens is 312 g/mol. The molecule has 0 aliphatic carbocycles. The van der Waals surface area contributed by atoms with Crippen molar-refractivity contribution in [1.82, 2.24) is 0 Å². The summed E-state index contributed by atoms with van der Waals surface area (Å²) in [5.41, 5.74) is 8.56. The van der Waals surface area contributed by atoms with Gasteiger partial charge in [-0.3, -0.25) is 4.79 Å². The molecule has 4 nitrogen and oxygen atoms in total. The van der Waals surface area contributed by atoms with Gasteiger partial charge in [0.15, 0.2) is 0 Å². The van der Waals surface area contributed by atoms with Gasteiger partial charge >= 0.3 is 0 Å². The Morgan fingerprint density at radius 2 is 1.96 bits per heavy atom. The molecule has 0 aliphatic heterocycles. The molecule has 3 N–H and O–H groups in total. The van der Waals surface area contributed by atoms with Gasteiger partial charge in [-0.25, -0.2) is 0 Å². The Morgan fingerprint density at radius 3 is 2.65 bits per heavy atom. The highest BCUT2D eigenvalue weighted by atomic mass is 35.5. The van der Waals surface area contributed by atoms with E-state index in [4.69, 9.17) is 10.5 Å². The highest BCUT2D eigenvalue weighted by molar-refractivity contribution is 5.92. The smallest absolute Gasteiger partial charge is 0.228 e. The Kier molecular flexibility index (Phi) is 7.59. The summed E-state index contributed by atoms with van der Waals surface area (Å²) in [5.74, 6) is 0.427. The number of anilines is 1. The fraction of sp³-hybridized carbons (Fsp3) is 0.278. The lowest BCUT2D eigenvalue weighted by molar-refractivity contribution is -0.119. The van der Waals surface area contributed by atoms with Gasteiger partial charge in [-0.1, -0.05) is 37.3 Å². The summed E-state index contributed by atoms with van der Waals surface area (Å²) in [4.78, 5) is 11.8. The maximum absolute atomic E-state index is 11.8. The van der Waals surface area contributed by atoms with Crippen LogP contribution in [-0.2, 0) is 11.4 Å². The molecule has 0 aromatic heterocycles.